The summed E-state index contributed by atoms with van der Waals surface area (Å²) in [6.45, 7) is 11.6. The molecule has 1 heterocycles. The fraction of sp³-hybridized carbons (Fsp3) is 0.818. The van der Waals surface area contributed by atoms with Gasteiger partial charge in [-0.2, -0.15) is 0 Å². The van der Waals surface area contributed by atoms with E-state index in [0.717, 1.165) is 17.1 Å². The van der Waals surface area contributed by atoms with Gasteiger partial charge in [-0.1, -0.05) is 33.3 Å². The molecule has 0 radical (unpaired) electrons. The van der Waals surface area contributed by atoms with E-state index in [1.165, 1.54) is 6.42 Å². The first kappa shape index (κ1) is 10.2. The maximum absolute atomic E-state index is 2.38. The molecule has 0 saturated carbocycles. The molecule has 0 aromatic heterocycles. The lowest BCUT2D eigenvalue weighted by molar-refractivity contribution is 0.560. The van der Waals surface area contributed by atoms with Crippen LogP contribution < -0.4 is 0 Å². The first-order valence-electron chi connectivity index (χ1n) is 4.95. The Kier molecular flexibility index (Phi) is 3.28. The van der Waals surface area contributed by atoms with E-state index in [2.05, 4.69) is 46.4 Å². The van der Waals surface area contributed by atoms with Crippen molar-refractivity contribution in [3.63, 3.8) is 0 Å². The van der Waals surface area contributed by atoms with Gasteiger partial charge in [-0.15, -0.1) is 11.8 Å². The van der Waals surface area contributed by atoms with E-state index in [-0.39, 0.29) is 0 Å². The summed E-state index contributed by atoms with van der Waals surface area (Å²) in [7, 11) is 0. The first-order valence-corrected chi connectivity index (χ1v) is 5.83. The van der Waals surface area contributed by atoms with Gasteiger partial charge in [0.25, 0.3) is 0 Å². The topological polar surface area (TPSA) is 0 Å². The molecule has 70 valence electrons. The summed E-state index contributed by atoms with van der Waals surface area (Å²) in [5, 5.41) is 0.849. The van der Waals surface area contributed by atoms with Crippen LogP contribution in [0, 0.1) is 11.8 Å². The Morgan fingerprint density at radius 3 is 2.25 bits per heavy atom. The Morgan fingerprint density at radius 2 is 2.00 bits per heavy atom. The van der Waals surface area contributed by atoms with Gasteiger partial charge in [0.15, 0.2) is 0 Å². The van der Waals surface area contributed by atoms with Gasteiger partial charge >= 0.3 is 0 Å². The molecule has 2 unspecified atom stereocenters. The fourth-order valence-electron chi connectivity index (χ4n) is 2.29. The van der Waals surface area contributed by atoms with Crippen LogP contribution in [0.1, 0.15) is 41.0 Å². The highest BCUT2D eigenvalue weighted by atomic mass is 32.2. The molecule has 0 aliphatic carbocycles. The van der Waals surface area contributed by atoms with Crippen LogP contribution >= 0.6 is 11.8 Å². The van der Waals surface area contributed by atoms with Crippen molar-refractivity contribution >= 4 is 11.8 Å². The molecule has 0 N–H and O–H groups in total. The summed E-state index contributed by atoms with van der Waals surface area (Å²) in [6, 6.07) is 0. The second kappa shape index (κ2) is 3.87. The average molecular weight is 184 g/mol. The Bertz CT molecular complexity index is 191. The smallest absolute Gasteiger partial charge is 0.0152 e. The molecule has 0 spiro atoms. The number of hydrogen-bond acceptors (Lipinski definition) is 1. The fourth-order valence-corrected chi connectivity index (χ4v) is 3.82. The van der Waals surface area contributed by atoms with E-state index in [4.69, 9.17) is 0 Å². The second-order valence-corrected chi connectivity index (χ2v) is 5.47. The van der Waals surface area contributed by atoms with Gasteiger partial charge in [0.05, 0.1) is 0 Å². The van der Waals surface area contributed by atoms with Gasteiger partial charge in [-0.3, -0.25) is 0 Å². The van der Waals surface area contributed by atoms with Crippen LogP contribution in [0.4, 0.5) is 0 Å². The Morgan fingerprint density at radius 1 is 1.42 bits per heavy atom. The minimum absolute atomic E-state index is 0.740. The SMILES string of the molecule is CCC1SC(C)=C(C(C)C)C1C. The van der Waals surface area contributed by atoms with E-state index < -0.39 is 0 Å². The van der Waals surface area contributed by atoms with E-state index in [1.807, 2.05) is 0 Å². The third-order valence-electron chi connectivity index (χ3n) is 2.81. The third-order valence-corrected chi connectivity index (χ3v) is 4.44. The highest BCUT2D eigenvalue weighted by Crippen LogP contribution is 2.45. The summed E-state index contributed by atoms with van der Waals surface area (Å²) in [6.07, 6.45) is 1.30. The normalized spacial score (nSPS) is 30.5. The third kappa shape index (κ3) is 1.71. The van der Waals surface area contributed by atoms with Crippen LogP contribution in [0.25, 0.3) is 0 Å². The van der Waals surface area contributed by atoms with Crippen LogP contribution in [0.15, 0.2) is 10.5 Å². The standard InChI is InChI=1S/C11H20S/c1-6-10-8(4)11(7(2)3)9(5)12-10/h7-8,10H,6H2,1-5H3. The average Bonchev–Trinajstić information content (AvgIpc) is 2.25. The van der Waals surface area contributed by atoms with E-state index in [9.17, 15) is 0 Å². The molecule has 0 aromatic carbocycles. The molecular weight excluding hydrogens is 164 g/mol. The quantitative estimate of drug-likeness (QED) is 0.623. The summed E-state index contributed by atoms with van der Waals surface area (Å²) in [5.41, 5.74) is 1.70. The maximum atomic E-state index is 2.38. The van der Waals surface area contributed by atoms with Gasteiger partial charge in [0, 0.05) is 5.25 Å². The van der Waals surface area contributed by atoms with Crippen molar-refractivity contribution in [3.8, 4) is 0 Å². The zero-order chi connectivity index (χ0) is 9.30. The number of thioether (sulfide) groups is 1. The highest BCUT2D eigenvalue weighted by Gasteiger charge is 2.30. The van der Waals surface area contributed by atoms with E-state index in [0.29, 0.717) is 0 Å². The molecule has 0 saturated heterocycles. The lowest BCUT2D eigenvalue weighted by atomic mass is 9.88. The number of rotatable bonds is 2. The van der Waals surface area contributed by atoms with Crippen LogP contribution in [0.5, 0.6) is 0 Å². The predicted molar refractivity (Wildman–Crippen MR) is 58.4 cm³/mol. The molecule has 1 aliphatic rings. The van der Waals surface area contributed by atoms with Crippen molar-refractivity contribution in [3.05, 3.63) is 10.5 Å². The minimum atomic E-state index is 0.740. The second-order valence-electron chi connectivity index (χ2n) is 4.02. The van der Waals surface area contributed by atoms with Gasteiger partial charge < -0.3 is 0 Å². The highest BCUT2D eigenvalue weighted by molar-refractivity contribution is 8.03. The van der Waals surface area contributed by atoms with Crippen LogP contribution in [0.3, 0.4) is 0 Å². The molecule has 1 heteroatoms. The van der Waals surface area contributed by atoms with Crippen LogP contribution in [0.2, 0.25) is 0 Å². The minimum Gasteiger partial charge on any atom is -0.127 e. The van der Waals surface area contributed by atoms with Gasteiger partial charge in [-0.25, -0.2) is 0 Å². The molecule has 0 amide bonds. The van der Waals surface area contributed by atoms with Crippen molar-refractivity contribution in [2.45, 2.75) is 46.3 Å². The van der Waals surface area contributed by atoms with Crippen molar-refractivity contribution in [1.29, 1.82) is 0 Å². The lowest BCUT2D eigenvalue weighted by Crippen LogP contribution is -2.12. The molecule has 12 heavy (non-hydrogen) atoms. The maximum Gasteiger partial charge on any atom is 0.0152 e. The molecule has 2 atom stereocenters. The van der Waals surface area contributed by atoms with Gasteiger partial charge in [-0.05, 0) is 30.1 Å². The number of allylic oxidation sites excluding steroid dienone is 2. The monoisotopic (exact) mass is 184 g/mol. The summed E-state index contributed by atoms with van der Waals surface area (Å²) < 4.78 is 0. The van der Waals surface area contributed by atoms with E-state index >= 15 is 0 Å². The Labute approximate surface area is 80.8 Å². The Balaban J connectivity index is 2.78. The zero-order valence-corrected chi connectivity index (χ0v) is 9.66. The van der Waals surface area contributed by atoms with Crippen LogP contribution in [-0.4, -0.2) is 5.25 Å². The Hall–Kier alpha value is 0.0900. The van der Waals surface area contributed by atoms with Crippen molar-refractivity contribution < 1.29 is 0 Å². The molecule has 0 bridgehead atoms. The van der Waals surface area contributed by atoms with Crippen molar-refractivity contribution in [1.82, 2.24) is 0 Å². The largest absolute Gasteiger partial charge is 0.127 e. The molecule has 0 nitrogen and oxygen atoms in total. The van der Waals surface area contributed by atoms with Crippen LogP contribution in [-0.2, 0) is 0 Å². The summed E-state index contributed by atoms with van der Waals surface area (Å²) in [4.78, 5) is 1.59. The van der Waals surface area contributed by atoms with Gasteiger partial charge in [0.1, 0.15) is 0 Å². The van der Waals surface area contributed by atoms with Crippen molar-refractivity contribution in [2.75, 3.05) is 0 Å². The molecule has 0 fully saturated rings. The zero-order valence-electron chi connectivity index (χ0n) is 8.85. The number of hydrogen-bond donors (Lipinski definition) is 0. The molecule has 1 aliphatic heterocycles. The molecular formula is C11H20S. The summed E-state index contributed by atoms with van der Waals surface area (Å²) >= 11 is 2.09. The van der Waals surface area contributed by atoms with E-state index in [1.54, 1.807) is 10.5 Å². The summed E-state index contributed by atoms with van der Waals surface area (Å²) in [5.74, 6) is 1.55. The lowest BCUT2D eigenvalue weighted by Gasteiger charge is -2.18. The predicted octanol–water partition coefficient (Wildman–Crippen LogP) is 4.08. The van der Waals surface area contributed by atoms with Crippen molar-refractivity contribution in [2.24, 2.45) is 11.8 Å². The molecule has 0 aromatic rings. The first-order chi connectivity index (χ1) is 5.57. The molecule has 1 rings (SSSR count). The van der Waals surface area contributed by atoms with Gasteiger partial charge in [0.2, 0.25) is 0 Å².